The van der Waals surface area contributed by atoms with Gasteiger partial charge in [-0.25, -0.2) is 0 Å². The number of amides is 2. The monoisotopic (exact) mass is 487 g/mol. The van der Waals surface area contributed by atoms with Crippen molar-refractivity contribution in [2.24, 2.45) is 0 Å². The van der Waals surface area contributed by atoms with E-state index in [-0.39, 0.29) is 17.6 Å². The second kappa shape index (κ2) is 8.93. The average molecular weight is 489 g/mol. The van der Waals surface area contributed by atoms with Gasteiger partial charge in [-0.3, -0.25) is 9.59 Å². The number of benzene rings is 2. The molecule has 1 fully saturated rings. The molecule has 1 aliphatic heterocycles. The highest BCUT2D eigenvalue weighted by molar-refractivity contribution is 9.10. The summed E-state index contributed by atoms with van der Waals surface area (Å²) in [5.74, 6) is -0.0870. The SMILES string of the molecule is O=C(Nc1ccccc1N1CCN(C(=O)c2ccc(Cl)cc2)CC1)c1ccc(Br)o1. The maximum absolute atomic E-state index is 12.7. The summed E-state index contributed by atoms with van der Waals surface area (Å²) in [6.45, 7) is 2.51. The van der Waals surface area contributed by atoms with Crippen LogP contribution in [0.4, 0.5) is 11.4 Å². The molecule has 154 valence electrons. The first kappa shape index (κ1) is 20.5. The van der Waals surface area contributed by atoms with E-state index in [0.29, 0.717) is 47.1 Å². The molecule has 0 radical (unpaired) electrons. The molecule has 0 spiro atoms. The number of carbonyl (C=O) groups excluding carboxylic acids is 2. The number of para-hydroxylation sites is 2. The molecule has 1 aromatic heterocycles. The largest absolute Gasteiger partial charge is 0.444 e. The summed E-state index contributed by atoms with van der Waals surface area (Å²) < 4.78 is 5.83. The van der Waals surface area contributed by atoms with Crippen molar-refractivity contribution in [1.29, 1.82) is 0 Å². The fraction of sp³-hybridized carbons (Fsp3) is 0.182. The summed E-state index contributed by atoms with van der Waals surface area (Å²) in [7, 11) is 0. The smallest absolute Gasteiger partial charge is 0.291 e. The van der Waals surface area contributed by atoms with Crippen LogP contribution in [0.5, 0.6) is 0 Å². The second-order valence-electron chi connectivity index (χ2n) is 6.86. The predicted molar refractivity (Wildman–Crippen MR) is 120 cm³/mol. The normalized spacial score (nSPS) is 13.9. The summed E-state index contributed by atoms with van der Waals surface area (Å²) in [6.07, 6.45) is 0. The quantitative estimate of drug-likeness (QED) is 0.567. The Morgan fingerprint density at radius 2 is 1.63 bits per heavy atom. The number of carbonyl (C=O) groups is 2. The third-order valence-electron chi connectivity index (χ3n) is 4.95. The Labute approximate surface area is 187 Å². The molecular weight excluding hydrogens is 470 g/mol. The van der Waals surface area contributed by atoms with Crippen LogP contribution >= 0.6 is 27.5 Å². The third kappa shape index (κ3) is 4.52. The Balaban J connectivity index is 1.43. The van der Waals surface area contributed by atoms with E-state index >= 15 is 0 Å². The van der Waals surface area contributed by atoms with Gasteiger partial charge in [-0.15, -0.1) is 0 Å². The lowest BCUT2D eigenvalue weighted by molar-refractivity contribution is 0.0746. The first-order valence-corrected chi connectivity index (χ1v) is 10.6. The van der Waals surface area contributed by atoms with Crippen molar-refractivity contribution in [3.63, 3.8) is 0 Å². The fourth-order valence-corrected chi connectivity index (χ4v) is 3.83. The molecule has 8 heteroatoms. The van der Waals surface area contributed by atoms with E-state index in [1.165, 1.54) is 0 Å². The molecule has 0 aliphatic carbocycles. The average Bonchev–Trinajstić information content (AvgIpc) is 3.21. The van der Waals surface area contributed by atoms with Gasteiger partial charge < -0.3 is 19.5 Å². The molecule has 2 amide bonds. The molecule has 4 rings (SSSR count). The highest BCUT2D eigenvalue weighted by Gasteiger charge is 2.24. The van der Waals surface area contributed by atoms with E-state index in [2.05, 4.69) is 26.1 Å². The molecule has 2 aromatic carbocycles. The number of rotatable bonds is 4. The van der Waals surface area contributed by atoms with Gasteiger partial charge in [0.2, 0.25) is 0 Å². The first-order valence-electron chi connectivity index (χ1n) is 9.47. The molecule has 30 heavy (non-hydrogen) atoms. The summed E-state index contributed by atoms with van der Waals surface area (Å²) in [5.41, 5.74) is 2.24. The van der Waals surface area contributed by atoms with Crippen molar-refractivity contribution < 1.29 is 14.0 Å². The standard InChI is InChI=1S/C22H19BrClN3O3/c23-20-10-9-19(30-20)21(28)25-17-3-1-2-4-18(17)26-11-13-27(14-12-26)22(29)15-5-7-16(24)8-6-15/h1-10H,11-14H2,(H,25,28). The van der Waals surface area contributed by atoms with Gasteiger partial charge in [0.05, 0.1) is 11.4 Å². The zero-order valence-electron chi connectivity index (χ0n) is 16.0. The third-order valence-corrected chi connectivity index (χ3v) is 5.63. The van der Waals surface area contributed by atoms with E-state index in [0.717, 1.165) is 5.69 Å². The van der Waals surface area contributed by atoms with Gasteiger partial charge in [0.25, 0.3) is 11.8 Å². The molecule has 1 N–H and O–H groups in total. The van der Waals surface area contributed by atoms with Crippen molar-refractivity contribution >= 4 is 50.7 Å². The summed E-state index contributed by atoms with van der Waals surface area (Å²) >= 11 is 9.12. The molecule has 3 aromatic rings. The molecule has 0 bridgehead atoms. The first-order chi connectivity index (χ1) is 14.5. The Hall–Kier alpha value is -2.77. The van der Waals surface area contributed by atoms with Crippen LogP contribution in [0.25, 0.3) is 0 Å². The lowest BCUT2D eigenvalue weighted by Gasteiger charge is -2.37. The van der Waals surface area contributed by atoms with Gasteiger partial charge in [-0.2, -0.15) is 0 Å². The maximum Gasteiger partial charge on any atom is 0.291 e. The summed E-state index contributed by atoms with van der Waals surface area (Å²) in [6, 6.07) is 17.9. The summed E-state index contributed by atoms with van der Waals surface area (Å²) in [4.78, 5) is 29.2. The topological polar surface area (TPSA) is 65.8 Å². The Kier molecular flexibility index (Phi) is 6.11. The van der Waals surface area contributed by atoms with Gasteiger partial charge in [-0.05, 0) is 64.5 Å². The van der Waals surface area contributed by atoms with Crippen LogP contribution in [0.1, 0.15) is 20.9 Å². The molecule has 1 aliphatic rings. The molecule has 1 saturated heterocycles. The molecule has 0 unspecified atom stereocenters. The molecule has 0 saturated carbocycles. The van der Waals surface area contributed by atoms with Crippen LogP contribution in [-0.2, 0) is 0 Å². The number of halogens is 2. The molecule has 6 nitrogen and oxygen atoms in total. The van der Waals surface area contributed by atoms with Crippen LogP contribution < -0.4 is 10.2 Å². The van der Waals surface area contributed by atoms with E-state index in [1.807, 2.05) is 29.2 Å². The molecular formula is C22H19BrClN3O3. The number of hydrogen-bond acceptors (Lipinski definition) is 4. The number of nitrogens with one attached hydrogen (secondary N) is 1. The Bertz CT molecular complexity index is 1060. The molecule has 2 heterocycles. The molecule has 0 atom stereocenters. The van der Waals surface area contributed by atoms with E-state index in [4.69, 9.17) is 16.0 Å². The highest BCUT2D eigenvalue weighted by atomic mass is 79.9. The number of nitrogens with zero attached hydrogens (tertiary/aromatic N) is 2. The minimum absolute atomic E-state index is 0.00343. The minimum atomic E-state index is -0.315. The van der Waals surface area contributed by atoms with Gasteiger partial charge in [0.15, 0.2) is 10.4 Å². The maximum atomic E-state index is 12.7. The van der Waals surface area contributed by atoms with E-state index in [1.54, 1.807) is 36.4 Å². The van der Waals surface area contributed by atoms with Crippen molar-refractivity contribution in [1.82, 2.24) is 4.90 Å². The van der Waals surface area contributed by atoms with Gasteiger partial charge in [-0.1, -0.05) is 23.7 Å². The van der Waals surface area contributed by atoms with Crippen molar-refractivity contribution in [3.05, 3.63) is 81.7 Å². The zero-order chi connectivity index (χ0) is 21.1. The van der Waals surface area contributed by atoms with Crippen molar-refractivity contribution in [2.45, 2.75) is 0 Å². The van der Waals surface area contributed by atoms with Gasteiger partial charge in [0, 0.05) is 36.8 Å². The van der Waals surface area contributed by atoms with Crippen LogP contribution in [0.2, 0.25) is 5.02 Å². The summed E-state index contributed by atoms with van der Waals surface area (Å²) in [5, 5.41) is 3.52. The highest BCUT2D eigenvalue weighted by Crippen LogP contribution is 2.28. The minimum Gasteiger partial charge on any atom is -0.444 e. The number of hydrogen-bond donors (Lipinski definition) is 1. The van der Waals surface area contributed by atoms with Crippen molar-refractivity contribution in [2.75, 3.05) is 36.4 Å². The van der Waals surface area contributed by atoms with Crippen LogP contribution in [-0.4, -0.2) is 42.9 Å². The zero-order valence-corrected chi connectivity index (χ0v) is 18.3. The van der Waals surface area contributed by atoms with Crippen molar-refractivity contribution in [3.8, 4) is 0 Å². The number of furan rings is 1. The van der Waals surface area contributed by atoms with Crippen LogP contribution in [0.3, 0.4) is 0 Å². The Morgan fingerprint density at radius 3 is 2.30 bits per heavy atom. The number of piperazine rings is 1. The van der Waals surface area contributed by atoms with Crippen LogP contribution in [0, 0.1) is 0 Å². The van der Waals surface area contributed by atoms with Gasteiger partial charge in [0.1, 0.15) is 0 Å². The fourth-order valence-electron chi connectivity index (χ4n) is 3.40. The second-order valence-corrected chi connectivity index (χ2v) is 8.08. The lowest BCUT2D eigenvalue weighted by Crippen LogP contribution is -2.49. The van der Waals surface area contributed by atoms with E-state index in [9.17, 15) is 9.59 Å². The van der Waals surface area contributed by atoms with Gasteiger partial charge >= 0.3 is 0 Å². The Morgan fingerprint density at radius 1 is 0.933 bits per heavy atom. The predicted octanol–water partition coefficient (Wildman–Crippen LogP) is 4.91. The number of anilines is 2. The van der Waals surface area contributed by atoms with Crippen LogP contribution in [0.15, 0.2) is 69.8 Å². The lowest BCUT2D eigenvalue weighted by atomic mass is 10.1. The van der Waals surface area contributed by atoms with E-state index < -0.39 is 0 Å².